The topological polar surface area (TPSA) is 9.23 Å². The Balaban J connectivity index is 1.75. The van der Waals surface area contributed by atoms with E-state index in [2.05, 4.69) is 86.3 Å². The van der Waals surface area contributed by atoms with Gasteiger partial charge in [0.1, 0.15) is 0 Å². The average Bonchev–Trinajstić information content (AvgIpc) is 2.75. The zero-order valence-electron chi connectivity index (χ0n) is 16.3. The summed E-state index contributed by atoms with van der Waals surface area (Å²) in [5, 5.41) is 0. The summed E-state index contributed by atoms with van der Waals surface area (Å²) in [5.74, 6) is 0. The molecular formula is C26H28O. The van der Waals surface area contributed by atoms with Gasteiger partial charge >= 0.3 is 0 Å². The van der Waals surface area contributed by atoms with Crippen LogP contribution in [0, 0.1) is 0 Å². The number of hydrogen-bond donors (Lipinski definition) is 0. The lowest BCUT2D eigenvalue weighted by Gasteiger charge is -2.16. The summed E-state index contributed by atoms with van der Waals surface area (Å²) in [5.41, 5.74) is 7.32. The van der Waals surface area contributed by atoms with E-state index >= 15 is 0 Å². The molecule has 3 aromatic carbocycles. The number of benzene rings is 3. The van der Waals surface area contributed by atoms with E-state index in [1.165, 1.54) is 40.7 Å². The van der Waals surface area contributed by atoms with Crippen LogP contribution in [0.25, 0.3) is 28.3 Å². The van der Waals surface area contributed by atoms with Crippen LogP contribution in [0.5, 0.6) is 0 Å². The molecule has 0 amide bonds. The van der Waals surface area contributed by atoms with Gasteiger partial charge in [0.25, 0.3) is 0 Å². The van der Waals surface area contributed by atoms with Crippen LogP contribution in [-0.4, -0.2) is 7.11 Å². The van der Waals surface area contributed by atoms with Crippen LogP contribution in [0.15, 0.2) is 79.4 Å². The fourth-order valence-corrected chi connectivity index (χ4v) is 3.37. The van der Waals surface area contributed by atoms with Gasteiger partial charge < -0.3 is 4.74 Å². The summed E-state index contributed by atoms with van der Waals surface area (Å²) in [4.78, 5) is 0. The third-order valence-corrected chi connectivity index (χ3v) is 5.08. The van der Waals surface area contributed by atoms with Crippen molar-refractivity contribution in [1.82, 2.24) is 0 Å². The molecule has 1 nitrogen and oxygen atoms in total. The van der Waals surface area contributed by atoms with Crippen LogP contribution in [0.4, 0.5) is 0 Å². The molecule has 0 saturated carbocycles. The maximum atomic E-state index is 5.66. The highest BCUT2D eigenvalue weighted by atomic mass is 16.5. The molecule has 0 bridgehead atoms. The molecule has 0 saturated heterocycles. The van der Waals surface area contributed by atoms with E-state index in [1.54, 1.807) is 7.11 Å². The summed E-state index contributed by atoms with van der Waals surface area (Å²) in [7, 11) is 1.80. The van der Waals surface area contributed by atoms with E-state index in [-0.39, 0.29) is 6.10 Å². The summed E-state index contributed by atoms with van der Waals surface area (Å²) in [6, 6.07) is 26.0. The highest BCUT2D eigenvalue weighted by Crippen LogP contribution is 2.28. The molecule has 138 valence electrons. The van der Waals surface area contributed by atoms with E-state index in [0.29, 0.717) is 0 Å². The highest BCUT2D eigenvalue weighted by Gasteiger charge is 2.10. The van der Waals surface area contributed by atoms with Gasteiger partial charge in [-0.05, 0) is 39.8 Å². The third-order valence-electron chi connectivity index (χ3n) is 5.08. The van der Waals surface area contributed by atoms with Gasteiger partial charge in [-0.2, -0.15) is 0 Å². The molecule has 0 spiro atoms. The zero-order chi connectivity index (χ0) is 19.1. The summed E-state index contributed by atoms with van der Waals surface area (Å²) < 4.78 is 5.66. The van der Waals surface area contributed by atoms with E-state index in [0.717, 1.165) is 12.0 Å². The molecule has 0 aliphatic rings. The lowest BCUT2D eigenvalue weighted by atomic mass is 9.97. The van der Waals surface area contributed by atoms with Crippen molar-refractivity contribution < 1.29 is 4.74 Å². The number of methoxy groups -OCH3 is 1. The standard InChI is InChI=1S/C26H28O/c1-4-6-7-26(27-3)25-18-16-24(17-19-25)23-14-12-22(13-15-23)21-10-8-20(5-2)9-11-21/h5,8-19,26H,2,4,6-7H2,1,3H3. The fraction of sp³-hybridized carbons (Fsp3) is 0.231. The summed E-state index contributed by atoms with van der Waals surface area (Å²) in [6.07, 6.45) is 5.52. The van der Waals surface area contributed by atoms with E-state index < -0.39 is 0 Å². The smallest absolute Gasteiger partial charge is 0.0821 e. The maximum absolute atomic E-state index is 5.66. The molecule has 0 aliphatic heterocycles. The molecule has 3 aromatic rings. The Morgan fingerprint density at radius 1 is 0.778 bits per heavy atom. The first-order valence-electron chi connectivity index (χ1n) is 9.71. The lowest BCUT2D eigenvalue weighted by molar-refractivity contribution is 0.0936. The first kappa shape index (κ1) is 19.1. The van der Waals surface area contributed by atoms with Crippen molar-refractivity contribution in [2.75, 3.05) is 7.11 Å². The number of hydrogen-bond acceptors (Lipinski definition) is 1. The third kappa shape index (κ3) is 4.75. The Hall–Kier alpha value is -2.64. The summed E-state index contributed by atoms with van der Waals surface area (Å²) in [6.45, 7) is 6.02. The van der Waals surface area contributed by atoms with Gasteiger partial charge in [0.05, 0.1) is 6.10 Å². The largest absolute Gasteiger partial charge is 0.377 e. The minimum absolute atomic E-state index is 0.194. The SMILES string of the molecule is C=Cc1ccc(-c2ccc(-c3ccc(C(CCCC)OC)cc3)cc2)cc1. The Morgan fingerprint density at radius 2 is 1.22 bits per heavy atom. The summed E-state index contributed by atoms with van der Waals surface area (Å²) >= 11 is 0. The molecule has 0 fully saturated rings. The van der Waals surface area contributed by atoms with Crippen LogP contribution in [-0.2, 0) is 4.74 Å². The Kier molecular flexibility index (Phi) is 6.62. The minimum Gasteiger partial charge on any atom is -0.377 e. The van der Waals surface area contributed by atoms with Crippen molar-refractivity contribution in [3.63, 3.8) is 0 Å². The molecule has 0 radical (unpaired) electrons. The van der Waals surface area contributed by atoms with Crippen molar-refractivity contribution in [2.45, 2.75) is 32.3 Å². The predicted molar refractivity (Wildman–Crippen MR) is 117 cm³/mol. The molecule has 1 heteroatoms. The molecule has 3 rings (SSSR count). The van der Waals surface area contributed by atoms with Gasteiger partial charge in [0.15, 0.2) is 0 Å². The second-order valence-corrected chi connectivity index (χ2v) is 6.89. The fourth-order valence-electron chi connectivity index (χ4n) is 3.37. The van der Waals surface area contributed by atoms with Crippen LogP contribution < -0.4 is 0 Å². The first-order chi connectivity index (χ1) is 13.2. The molecule has 1 atom stereocenters. The normalized spacial score (nSPS) is 11.9. The van der Waals surface area contributed by atoms with Gasteiger partial charge in [-0.3, -0.25) is 0 Å². The lowest BCUT2D eigenvalue weighted by Crippen LogP contribution is -2.01. The predicted octanol–water partition coefficient (Wildman–Crippen LogP) is 7.54. The maximum Gasteiger partial charge on any atom is 0.0821 e. The van der Waals surface area contributed by atoms with Gasteiger partial charge in [0.2, 0.25) is 0 Å². The van der Waals surface area contributed by atoms with Crippen molar-refractivity contribution in [3.8, 4) is 22.3 Å². The Morgan fingerprint density at radius 3 is 1.63 bits per heavy atom. The zero-order valence-corrected chi connectivity index (χ0v) is 16.3. The van der Waals surface area contributed by atoms with Crippen molar-refractivity contribution in [3.05, 3.63) is 90.5 Å². The molecule has 0 N–H and O–H groups in total. The molecular weight excluding hydrogens is 328 g/mol. The van der Waals surface area contributed by atoms with E-state index in [9.17, 15) is 0 Å². The van der Waals surface area contributed by atoms with Crippen LogP contribution in [0.2, 0.25) is 0 Å². The first-order valence-corrected chi connectivity index (χ1v) is 9.71. The van der Waals surface area contributed by atoms with Crippen LogP contribution in [0.3, 0.4) is 0 Å². The quantitative estimate of drug-likeness (QED) is 0.405. The van der Waals surface area contributed by atoms with Gasteiger partial charge in [-0.15, -0.1) is 0 Å². The number of ether oxygens (including phenoxy) is 1. The van der Waals surface area contributed by atoms with Crippen LogP contribution >= 0.6 is 0 Å². The molecule has 0 aliphatic carbocycles. The monoisotopic (exact) mass is 356 g/mol. The van der Waals surface area contributed by atoms with Gasteiger partial charge in [0, 0.05) is 7.11 Å². The highest BCUT2D eigenvalue weighted by molar-refractivity contribution is 5.71. The Bertz CT molecular complexity index is 842. The molecule has 27 heavy (non-hydrogen) atoms. The second-order valence-electron chi connectivity index (χ2n) is 6.89. The average molecular weight is 357 g/mol. The van der Waals surface area contributed by atoms with E-state index in [1.807, 2.05) is 6.08 Å². The molecule has 0 aromatic heterocycles. The van der Waals surface area contributed by atoms with Crippen molar-refractivity contribution in [2.24, 2.45) is 0 Å². The van der Waals surface area contributed by atoms with Gasteiger partial charge in [-0.1, -0.05) is 105 Å². The Labute approximate surface area is 163 Å². The van der Waals surface area contributed by atoms with Gasteiger partial charge in [-0.25, -0.2) is 0 Å². The minimum atomic E-state index is 0.194. The van der Waals surface area contributed by atoms with E-state index in [4.69, 9.17) is 4.74 Å². The number of unbranched alkanes of at least 4 members (excludes halogenated alkanes) is 1. The second kappa shape index (κ2) is 9.34. The van der Waals surface area contributed by atoms with Crippen LogP contribution in [0.1, 0.15) is 43.4 Å². The van der Waals surface area contributed by atoms with Crippen molar-refractivity contribution >= 4 is 6.08 Å². The number of rotatable bonds is 8. The molecule has 0 heterocycles. The molecule has 1 unspecified atom stereocenters. The van der Waals surface area contributed by atoms with Crippen molar-refractivity contribution in [1.29, 1.82) is 0 Å².